The molecular formula is C14H20N4. The number of nitrogens with two attached hydrogens (primary N) is 1. The molecule has 0 aliphatic heterocycles. The summed E-state index contributed by atoms with van der Waals surface area (Å²) in [4.78, 5) is 4.41. The monoisotopic (exact) mass is 244 g/mol. The van der Waals surface area contributed by atoms with Crippen molar-refractivity contribution in [1.29, 1.82) is 5.26 Å². The van der Waals surface area contributed by atoms with Crippen LogP contribution in [0.3, 0.4) is 0 Å². The van der Waals surface area contributed by atoms with Crippen molar-refractivity contribution in [1.82, 2.24) is 4.98 Å². The van der Waals surface area contributed by atoms with Crippen LogP contribution in [0.2, 0.25) is 0 Å². The number of nitrogens with zero attached hydrogens (tertiary/aromatic N) is 2. The molecule has 4 nitrogen and oxygen atoms in total. The molecule has 4 heteroatoms. The minimum atomic E-state index is 0.230. The summed E-state index contributed by atoms with van der Waals surface area (Å²) in [6.45, 7) is 2.52. The number of hydrogen-bond donors (Lipinski definition) is 2. The number of pyridine rings is 1. The summed E-state index contributed by atoms with van der Waals surface area (Å²) in [5.74, 6) is 1.30. The fourth-order valence-corrected chi connectivity index (χ4v) is 2.66. The van der Waals surface area contributed by atoms with Gasteiger partial charge in [-0.25, -0.2) is 4.98 Å². The Kier molecular flexibility index (Phi) is 4.16. The van der Waals surface area contributed by atoms with Crippen LogP contribution in [-0.4, -0.2) is 17.6 Å². The van der Waals surface area contributed by atoms with E-state index in [1.54, 1.807) is 0 Å². The fourth-order valence-electron chi connectivity index (χ4n) is 2.66. The molecule has 2 rings (SSSR count). The maximum Gasteiger partial charge on any atom is 0.144 e. The molecule has 1 aliphatic carbocycles. The Bertz CT molecular complexity index is 444. The average molecular weight is 244 g/mol. The Morgan fingerprint density at radius 1 is 1.50 bits per heavy atom. The van der Waals surface area contributed by atoms with Gasteiger partial charge < -0.3 is 11.1 Å². The van der Waals surface area contributed by atoms with Crippen LogP contribution >= 0.6 is 0 Å². The lowest BCUT2D eigenvalue weighted by Crippen LogP contribution is -2.35. The quantitative estimate of drug-likeness (QED) is 0.851. The van der Waals surface area contributed by atoms with Crippen molar-refractivity contribution in [3.8, 4) is 6.07 Å². The maximum atomic E-state index is 9.10. The molecule has 1 aromatic heterocycles. The third-order valence-corrected chi connectivity index (χ3v) is 3.70. The zero-order valence-electron chi connectivity index (χ0n) is 10.8. The lowest BCUT2D eigenvalue weighted by atomic mass is 9.98. The molecule has 1 aromatic rings. The topological polar surface area (TPSA) is 74.7 Å². The van der Waals surface area contributed by atoms with Crippen molar-refractivity contribution in [2.45, 2.75) is 38.6 Å². The highest BCUT2D eigenvalue weighted by molar-refractivity contribution is 5.52. The number of hydrogen-bond acceptors (Lipinski definition) is 4. The molecule has 1 heterocycles. The number of anilines is 1. The largest absolute Gasteiger partial charge is 0.365 e. The minimum absolute atomic E-state index is 0.230. The van der Waals surface area contributed by atoms with Crippen molar-refractivity contribution < 1.29 is 0 Å². The van der Waals surface area contributed by atoms with Crippen LogP contribution in [0.15, 0.2) is 12.1 Å². The summed E-state index contributed by atoms with van der Waals surface area (Å²) in [6, 6.07) is 6.08. The first kappa shape index (κ1) is 12.8. The summed E-state index contributed by atoms with van der Waals surface area (Å²) in [6.07, 6.45) is 5.02. The minimum Gasteiger partial charge on any atom is -0.365 e. The Balaban J connectivity index is 2.16. The lowest BCUT2D eigenvalue weighted by Gasteiger charge is -2.24. The van der Waals surface area contributed by atoms with Gasteiger partial charge in [-0.3, -0.25) is 0 Å². The summed E-state index contributed by atoms with van der Waals surface area (Å²) < 4.78 is 0. The molecule has 1 fully saturated rings. The van der Waals surface area contributed by atoms with E-state index in [4.69, 9.17) is 11.0 Å². The molecule has 1 unspecified atom stereocenters. The van der Waals surface area contributed by atoms with Gasteiger partial charge in [-0.15, -0.1) is 0 Å². The van der Waals surface area contributed by atoms with Gasteiger partial charge in [-0.1, -0.05) is 12.8 Å². The Labute approximate surface area is 108 Å². The predicted molar refractivity (Wildman–Crippen MR) is 72.1 cm³/mol. The second-order valence-corrected chi connectivity index (χ2v) is 4.99. The molecule has 0 bridgehead atoms. The van der Waals surface area contributed by atoms with Gasteiger partial charge in [-0.2, -0.15) is 5.26 Å². The standard InChI is InChI=1S/C14H20N4/c1-10-6-7-12(8-15)14(17-10)18-13(9-16)11-4-2-3-5-11/h6-7,11,13H,2-5,9,16H2,1H3,(H,17,18). The summed E-state index contributed by atoms with van der Waals surface area (Å²) in [5, 5.41) is 12.5. The van der Waals surface area contributed by atoms with Gasteiger partial charge in [0.25, 0.3) is 0 Å². The molecule has 0 radical (unpaired) electrons. The average Bonchev–Trinajstić information content (AvgIpc) is 2.90. The highest BCUT2D eigenvalue weighted by atomic mass is 15.0. The molecule has 96 valence electrons. The van der Waals surface area contributed by atoms with E-state index in [2.05, 4.69) is 16.4 Å². The number of rotatable bonds is 4. The van der Waals surface area contributed by atoms with E-state index in [0.29, 0.717) is 23.8 Å². The number of nitriles is 1. The van der Waals surface area contributed by atoms with Crippen LogP contribution in [0.25, 0.3) is 0 Å². The van der Waals surface area contributed by atoms with Gasteiger partial charge in [-0.05, 0) is 37.8 Å². The maximum absolute atomic E-state index is 9.10. The highest BCUT2D eigenvalue weighted by Gasteiger charge is 2.24. The SMILES string of the molecule is Cc1ccc(C#N)c(NC(CN)C2CCCC2)n1. The zero-order chi connectivity index (χ0) is 13.0. The van der Waals surface area contributed by atoms with Crippen LogP contribution in [0.5, 0.6) is 0 Å². The van der Waals surface area contributed by atoms with Crippen molar-refractivity contribution >= 4 is 5.82 Å². The van der Waals surface area contributed by atoms with E-state index >= 15 is 0 Å². The molecule has 1 aliphatic rings. The number of aromatic nitrogens is 1. The van der Waals surface area contributed by atoms with Crippen LogP contribution in [0, 0.1) is 24.2 Å². The second kappa shape index (κ2) is 5.83. The molecule has 1 atom stereocenters. The molecule has 18 heavy (non-hydrogen) atoms. The molecular weight excluding hydrogens is 224 g/mol. The Morgan fingerprint density at radius 2 is 2.22 bits per heavy atom. The second-order valence-electron chi connectivity index (χ2n) is 4.99. The highest BCUT2D eigenvalue weighted by Crippen LogP contribution is 2.29. The van der Waals surface area contributed by atoms with Crippen molar-refractivity contribution in [2.75, 3.05) is 11.9 Å². The van der Waals surface area contributed by atoms with Crippen LogP contribution in [0.1, 0.15) is 36.9 Å². The van der Waals surface area contributed by atoms with Gasteiger partial charge in [0, 0.05) is 18.3 Å². The first-order chi connectivity index (χ1) is 8.74. The van der Waals surface area contributed by atoms with Crippen LogP contribution < -0.4 is 11.1 Å². The summed E-state index contributed by atoms with van der Waals surface area (Å²) in [7, 11) is 0. The normalized spacial score (nSPS) is 17.4. The van der Waals surface area contributed by atoms with E-state index < -0.39 is 0 Å². The molecule has 0 spiro atoms. The Hall–Kier alpha value is -1.60. The fraction of sp³-hybridized carbons (Fsp3) is 0.571. The van der Waals surface area contributed by atoms with Gasteiger partial charge in [0.2, 0.25) is 0 Å². The van der Waals surface area contributed by atoms with Gasteiger partial charge in [0.1, 0.15) is 11.9 Å². The molecule has 1 saturated carbocycles. The van der Waals surface area contributed by atoms with E-state index in [9.17, 15) is 0 Å². The summed E-state index contributed by atoms with van der Waals surface area (Å²) in [5.41, 5.74) is 7.37. The number of aryl methyl sites for hydroxylation is 1. The smallest absolute Gasteiger partial charge is 0.144 e. The van der Waals surface area contributed by atoms with E-state index in [1.807, 2.05) is 19.1 Å². The molecule has 0 saturated heterocycles. The lowest BCUT2D eigenvalue weighted by molar-refractivity contribution is 0.461. The van der Waals surface area contributed by atoms with Crippen molar-refractivity contribution in [3.05, 3.63) is 23.4 Å². The van der Waals surface area contributed by atoms with Crippen LogP contribution in [0.4, 0.5) is 5.82 Å². The Morgan fingerprint density at radius 3 is 2.83 bits per heavy atom. The van der Waals surface area contributed by atoms with Crippen molar-refractivity contribution in [3.63, 3.8) is 0 Å². The molecule has 0 aromatic carbocycles. The van der Waals surface area contributed by atoms with E-state index in [1.165, 1.54) is 25.7 Å². The van der Waals surface area contributed by atoms with Gasteiger partial charge >= 0.3 is 0 Å². The zero-order valence-corrected chi connectivity index (χ0v) is 10.8. The van der Waals surface area contributed by atoms with Gasteiger partial charge in [0.15, 0.2) is 0 Å². The number of nitrogens with one attached hydrogen (secondary N) is 1. The summed E-state index contributed by atoms with van der Waals surface area (Å²) >= 11 is 0. The predicted octanol–water partition coefficient (Wildman–Crippen LogP) is 2.19. The first-order valence-corrected chi connectivity index (χ1v) is 6.59. The van der Waals surface area contributed by atoms with Crippen LogP contribution in [-0.2, 0) is 0 Å². The third kappa shape index (κ3) is 2.80. The third-order valence-electron chi connectivity index (χ3n) is 3.70. The first-order valence-electron chi connectivity index (χ1n) is 6.59. The molecule has 3 N–H and O–H groups in total. The van der Waals surface area contributed by atoms with Crippen molar-refractivity contribution in [2.24, 2.45) is 11.7 Å². The van der Waals surface area contributed by atoms with E-state index in [-0.39, 0.29) is 6.04 Å². The van der Waals surface area contributed by atoms with Gasteiger partial charge in [0.05, 0.1) is 5.56 Å². The molecule has 0 amide bonds. The van der Waals surface area contributed by atoms with E-state index in [0.717, 1.165) is 5.69 Å².